The molecule has 0 aromatic heterocycles. The molecule has 2 aliphatic heterocycles. The van der Waals surface area contributed by atoms with E-state index in [4.69, 9.17) is 0 Å². The molecule has 0 saturated carbocycles. The number of piperidine rings is 1. The van der Waals surface area contributed by atoms with Crippen molar-refractivity contribution >= 4 is 5.91 Å². The van der Waals surface area contributed by atoms with Crippen molar-refractivity contribution in [3.63, 3.8) is 0 Å². The van der Waals surface area contributed by atoms with Gasteiger partial charge in [0.2, 0.25) is 5.91 Å². The van der Waals surface area contributed by atoms with E-state index in [-0.39, 0.29) is 11.8 Å². The fraction of sp³-hybridized carbons (Fsp3) is 0.632. The number of nitrogens with one attached hydrogen (secondary N) is 1. The summed E-state index contributed by atoms with van der Waals surface area (Å²) < 4.78 is 38.5. The summed E-state index contributed by atoms with van der Waals surface area (Å²) in [5.74, 6) is 0.332. The third-order valence-electron chi connectivity index (χ3n) is 5.32. The lowest BCUT2D eigenvalue weighted by molar-refractivity contribution is -0.139. The molecule has 1 N–H and O–H groups in total. The van der Waals surface area contributed by atoms with E-state index in [1.807, 2.05) is 4.90 Å². The van der Waals surface area contributed by atoms with Gasteiger partial charge in [-0.15, -0.1) is 0 Å². The summed E-state index contributed by atoms with van der Waals surface area (Å²) in [6.45, 7) is 6.16. The number of amides is 1. The Labute approximate surface area is 152 Å². The van der Waals surface area contributed by atoms with Gasteiger partial charge in [0, 0.05) is 44.7 Å². The Kier molecular flexibility index (Phi) is 5.87. The second-order valence-electron chi connectivity index (χ2n) is 7.38. The van der Waals surface area contributed by atoms with Gasteiger partial charge in [-0.1, -0.05) is 18.2 Å². The van der Waals surface area contributed by atoms with Crippen LogP contribution >= 0.6 is 0 Å². The van der Waals surface area contributed by atoms with Crippen molar-refractivity contribution < 1.29 is 18.0 Å². The van der Waals surface area contributed by atoms with E-state index >= 15 is 0 Å². The van der Waals surface area contributed by atoms with Gasteiger partial charge in [-0.05, 0) is 37.9 Å². The Morgan fingerprint density at radius 1 is 1.23 bits per heavy atom. The van der Waals surface area contributed by atoms with Crippen LogP contribution in [0.15, 0.2) is 24.3 Å². The van der Waals surface area contributed by atoms with Crippen LogP contribution in [0.4, 0.5) is 13.2 Å². The predicted octanol–water partition coefficient (Wildman–Crippen LogP) is 2.74. The minimum atomic E-state index is -4.31. The van der Waals surface area contributed by atoms with Crippen molar-refractivity contribution in [1.29, 1.82) is 0 Å². The lowest BCUT2D eigenvalue weighted by atomic mass is 9.92. The molecule has 2 aliphatic rings. The van der Waals surface area contributed by atoms with Crippen molar-refractivity contribution in [3.8, 4) is 0 Å². The maximum atomic E-state index is 12.8. The first kappa shape index (κ1) is 19.2. The van der Waals surface area contributed by atoms with Gasteiger partial charge in [-0.3, -0.25) is 9.69 Å². The van der Waals surface area contributed by atoms with Crippen LogP contribution in [0.5, 0.6) is 0 Å². The average molecular weight is 369 g/mol. The van der Waals surface area contributed by atoms with Gasteiger partial charge in [-0.25, -0.2) is 0 Å². The van der Waals surface area contributed by atoms with Crippen LogP contribution in [0.25, 0.3) is 0 Å². The smallest absolute Gasteiger partial charge is 0.340 e. The van der Waals surface area contributed by atoms with Crippen molar-refractivity contribution in [2.24, 2.45) is 5.92 Å². The van der Waals surface area contributed by atoms with Gasteiger partial charge in [-0.2, -0.15) is 13.2 Å². The first-order valence-corrected chi connectivity index (χ1v) is 9.23. The summed E-state index contributed by atoms with van der Waals surface area (Å²) in [6, 6.07) is 5.87. The highest BCUT2D eigenvalue weighted by Crippen LogP contribution is 2.30. The molecular formula is C19H26F3N3O. The van der Waals surface area contributed by atoms with Crippen LogP contribution < -0.4 is 5.32 Å². The Balaban J connectivity index is 1.52. The fourth-order valence-corrected chi connectivity index (χ4v) is 3.84. The minimum absolute atomic E-state index is 0.0984. The van der Waals surface area contributed by atoms with Crippen LogP contribution in [0.2, 0.25) is 0 Å². The molecule has 4 nitrogen and oxygen atoms in total. The molecular weight excluding hydrogens is 343 g/mol. The molecule has 7 heteroatoms. The molecule has 1 aromatic rings. The van der Waals surface area contributed by atoms with E-state index in [1.54, 1.807) is 6.07 Å². The SMILES string of the molecule is C[C@H]1C[C@@H](C(=O)N2CCN(Cc3cccc(C(F)(F)F)c3)CC2)CCN1. The molecule has 2 saturated heterocycles. The molecule has 0 radical (unpaired) electrons. The second-order valence-corrected chi connectivity index (χ2v) is 7.38. The third kappa shape index (κ3) is 4.76. The van der Waals surface area contributed by atoms with Crippen molar-refractivity contribution in [2.75, 3.05) is 32.7 Å². The number of benzene rings is 1. The minimum Gasteiger partial charge on any atom is -0.340 e. The number of carbonyl (C=O) groups is 1. The molecule has 1 amide bonds. The van der Waals surface area contributed by atoms with Crippen LogP contribution in [0.1, 0.15) is 30.9 Å². The molecule has 0 spiro atoms. The van der Waals surface area contributed by atoms with E-state index in [1.165, 1.54) is 12.1 Å². The topological polar surface area (TPSA) is 35.6 Å². The Hall–Kier alpha value is -1.60. The number of rotatable bonds is 3. The first-order valence-electron chi connectivity index (χ1n) is 9.23. The summed E-state index contributed by atoms with van der Waals surface area (Å²) in [5.41, 5.74) is 0.0515. The van der Waals surface area contributed by atoms with Crippen LogP contribution in [-0.2, 0) is 17.5 Å². The zero-order chi connectivity index (χ0) is 18.7. The quantitative estimate of drug-likeness (QED) is 0.890. The fourth-order valence-electron chi connectivity index (χ4n) is 3.84. The maximum Gasteiger partial charge on any atom is 0.416 e. The summed E-state index contributed by atoms with van der Waals surface area (Å²) >= 11 is 0. The summed E-state index contributed by atoms with van der Waals surface area (Å²) in [5, 5.41) is 3.36. The molecule has 144 valence electrons. The van der Waals surface area contributed by atoms with Crippen LogP contribution in [0, 0.1) is 5.92 Å². The van der Waals surface area contributed by atoms with E-state index < -0.39 is 11.7 Å². The van der Waals surface area contributed by atoms with E-state index in [0.717, 1.165) is 25.5 Å². The molecule has 26 heavy (non-hydrogen) atoms. The lowest BCUT2D eigenvalue weighted by Crippen LogP contribution is -2.51. The highest BCUT2D eigenvalue weighted by atomic mass is 19.4. The number of alkyl halides is 3. The van der Waals surface area contributed by atoms with Gasteiger partial charge in [0.05, 0.1) is 5.56 Å². The van der Waals surface area contributed by atoms with E-state index in [0.29, 0.717) is 44.3 Å². The van der Waals surface area contributed by atoms with E-state index in [2.05, 4.69) is 17.1 Å². The van der Waals surface area contributed by atoms with Crippen molar-refractivity contribution in [3.05, 3.63) is 35.4 Å². The van der Waals surface area contributed by atoms with Gasteiger partial charge in [0.25, 0.3) is 0 Å². The largest absolute Gasteiger partial charge is 0.416 e. The number of hydrogen-bond acceptors (Lipinski definition) is 3. The number of halogens is 3. The highest BCUT2D eigenvalue weighted by Gasteiger charge is 2.32. The first-order chi connectivity index (χ1) is 12.3. The number of carbonyl (C=O) groups excluding carboxylic acids is 1. The Morgan fingerprint density at radius 3 is 2.62 bits per heavy atom. The zero-order valence-corrected chi connectivity index (χ0v) is 15.1. The van der Waals surface area contributed by atoms with Gasteiger partial charge >= 0.3 is 6.18 Å². The second kappa shape index (κ2) is 7.96. The monoisotopic (exact) mass is 369 g/mol. The zero-order valence-electron chi connectivity index (χ0n) is 15.1. The molecule has 2 fully saturated rings. The third-order valence-corrected chi connectivity index (χ3v) is 5.32. The molecule has 2 heterocycles. The van der Waals surface area contributed by atoms with Gasteiger partial charge in [0.15, 0.2) is 0 Å². The van der Waals surface area contributed by atoms with Crippen molar-refractivity contribution in [2.45, 2.75) is 38.5 Å². The molecule has 0 unspecified atom stereocenters. The van der Waals surface area contributed by atoms with Crippen LogP contribution in [0.3, 0.4) is 0 Å². The molecule has 2 atom stereocenters. The Morgan fingerprint density at radius 2 is 1.96 bits per heavy atom. The standard InChI is InChI=1S/C19H26F3N3O/c1-14-11-16(5-6-23-14)18(26)25-9-7-24(8-10-25)13-15-3-2-4-17(12-15)19(20,21)22/h2-4,12,14,16,23H,5-11,13H2,1H3/t14-,16-/m0/s1. The van der Waals surface area contributed by atoms with Gasteiger partial charge < -0.3 is 10.2 Å². The van der Waals surface area contributed by atoms with Crippen LogP contribution in [-0.4, -0.2) is 54.5 Å². The molecule has 0 aliphatic carbocycles. The van der Waals surface area contributed by atoms with E-state index in [9.17, 15) is 18.0 Å². The summed E-state index contributed by atoms with van der Waals surface area (Å²) in [6.07, 6.45) is -2.55. The maximum absolute atomic E-state index is 12.8. The number of hydrogen-bond donors (Lipinski definition) is 1. The van der Waals surface area contributed by atoms with Crippen molar-refractivity contribution in [1.82, 2.24) is 15.1 Å². The Bertz CT molecular complexity index is 627. The lowest BCUT2D eigenvalue weighted by Gasteiger charge is -2.38. The number of piperazine rings is 1. The molecule has 1 aromatic carbocycles. The average Bonchev–Trinajstić information content (AvgIpc) is 2.61. The normalized spacial score (nSPS) is 25.3. The predicted molar refractivity (Wildman–Crippen MR) is 93.5 cm³/mol. The molecule has 0 bridgehead atoms. The highest BCUT2D eigenvalue weighted by molar-refractivity contribution is 5.79. The number of nitrogens with zero attached hydrogens (tertiary/aromatic N) is 2. The summed E-state index contributed by atoms with van der Waals surface area (Å²) in [7, 11) is 0. The molecule has 3 rings (SSSR count). The van der Waals surface area contributed by atoms with Gasteiger partial charge in [0.1, 0.15) is 0 Å². The summed E-state index contributed by atoms with van der Waals surface area (Å²) in [4.78, 5) is 16.7.